The third-order valence-electron chi connectivity index (χ3n) is 3.51. The molecule has 1 unspecified atom stereocenters. The minimum absolute atomic E-state index is 0.176. The second-order valence-electron chi connectivity index (χ2n) is 5.56. The molecule has 1 aromatic heterocycles. The van der Waals surface area contributed by atoms with Crippen molar-refractivity contribution in [2.75, 3.05) is 13.1 Å². The van der Waals surface area contributed by atoms with Crippen LogP contribution < -0.4 is 5.32 Å². The van der Waals surface area contributed by atoms with Gasteiger partial charge in [0.05, 0.1) is 0 Å². The van der Waals surface area contributed by atoms with Gasteiger partial charge < -0.3 is 5.32 Å². The summed E-state index contributed by atoms with van der Waals surface area (Å²) >= 11 is 0. The second kappa shape index (κ2) is 6.27. The summed E-state index contributed by atoms with van der Waals surface area (Å²) in [5.74, 6) is 1.47. The topological polar surface area (TPSA) is 42.7 Å². The Balaban J connectivity index is 1.93. The van der Waals surface area contributed by atoms with Gasteiger partial charge >= 0.3 is 0 Å². The van der Waals surface area contributed by atoms with Crippen molar-refractivity contribution >= 4 is 0 Å². The van der Waals surface area contributed by atoms with Gasteiger partial charge in [-0.3, -0.25) is 0 Å². The summed E-state index contributed by atoms with van der Waals surface area (Å²) in [7, 11) is 0. The Morgan fingerprint density at radius 1 is 1.44 bits per heavy atom. The zero-order valence-corrected chi connectivity index (χ0v) is 11.3. The summed E-state index contributed by atoms with van der Waals surface area (Å²) in [6.45, 7) is 6.94. The minimum Gasteiger partial charge on any atom is -0.317 e. The fourth-order valence-electron chi connectivity index (χ4n) is 2.49. The number of alkyl halides is 1. The lowest BCUT2D eigenvalue weighted by atomic mass is 9.91. The maximum atomic E-state index is 14.3. The highest BCUT2D eigenvalue weighted by molar-refractivity contribution is 4.90. The first-order valence-corrected chi connectivity index (χ1v) is 6.88. The Kier molecular flexibility index (Phi) is 4.69. The van der Waals surface area contributed by atoms with Crippen LogP contribution in [-0.2, 0) is 13.0 Å². The Morgan fingerprint density at radius 3 is 2.83 bits per heavy atom. The zero-order valence-electron chi connectivity index (χ0n) is 11.3. The maximum Gasteiger partial charge on any atom is 0.138 e. The average Bonchev–Trinajstić information content (AvgIpc) is 2.77. The van der Waals surface area contributed by atoms with Gasteiger partial charge in [-0.25, -0.2) is 14.1 Å². The Bertz CT molecular complexity index is 358. The van der Waals surface area contributed by atoms with Gasteiger partial charge in [0.2, 0.25) is 0 Å². The first-order valence-electron chi connectivity index (χ1n) is 6.88. The van der Waals surface area contributed by atoms with Crippen LogP contribution in [0, 0.1) is 11.8 Å². The lowest BCUT2D eigenvalue weighted by Crippen LogP contribution is -2.33. The Morgan fingerprint density at radius 2 is 2.17 bits per heavy atom. The molecule has 4 nitrogen and oxygen atoms in total. The number of nitrogens with zero attached hydrogens (tertiary/aromatic N) is 3. The Labute approximate surface area is 108 Å². The summed E-state index contributed by atoms with van der Waals surface area (Å²) in [6, 6.07) is 0. The SMILES string of the molecule is CC(C)Cn1ncnc1CC(F)C1CCNCC1. The van der Waals surface area contributed by atoms with Crippen molar-refractivity contribution in [2.24, 2.45) is 11.8 Å². The van der Waals surface area contributed by atoms with E-state index in [4.69, 9.17) is 0 Å². The lowest BCUT2D eigenvalue weighted by Gasteiger charge is -2.25. The number of piperidine rings is 1. The highest BCUT2D eigenvalue weighted by atomic mass is 19.1. The van der Waals surface area contributed by atoms with Crippen LogP contribution in [0.2, 0.25) is 0 Å². The normalized spacial score (nSPS) is 19.3. The van der Waals surface area contributed by atoms with Crippen LogP contribution in [0.1, 0.15) is 32.5 Å². The first kappa shape index (κ1) is 13.5. The standard InChI is InChI=1S/C13H23FN4/c1-10(2)8-18-13(16-9-17-18)7-12(14)11-3-5-15-6-4-11/h9-12,15H,3-8H2,1-2H3. The van der Waals surface area contributed by atoms with Crippen LogP contribution >= 0.6 is 0 Å². The molecular formula is C13H23FN4. The van der Waals surface area contributed by atoms with Gasteiger partial charge in [-0.05, 0) is 37.8 Å². The molecule has 0 aromatic carbocycles. The molecular weight excluding hydrogens is 231 g/mol. The van der Waals surface area contributed by atoms with Gasteiger partial charge in [0.25, 0.3) is 0 Å². The van der Waals surface area contributed by atoms with E-state index in [1.54, 1.807) is 0 Å². The van der Waals surface area contributed by atoms with Gasteiger partial charge in [0, 0.05) is 13.0 Å². The highest BCUT2D eigenvalue weighted by Crippen LogP contribution is 2.21. The summed E-state index contributed by atoms with van der Waals surface area (Å²) in [6.07, 6.45) is 3.01. The quantitative estimate of drug-likeness (QED) is 0.871. The van der Waals surface area contributed by atoms with Crippen LogP contribution in [0.4, 0.5) is 4.39 Å². The second-order valence-corrected chi connectivity index (χ2v) is 5.56. The van der Waals surface area contributed by atoms with Crippen molar-refractivity contribution in [3.8, 4) is 0 Å². The maximum absolute atomic E-state index is 14.3. The minimum atomic E-state index is -0.790. The molecule has 2 rings (SSSR count). The van der Waals surface area contributed by atoms with Crippen LogP contribution in [0.5, 0.6) is 0 Å². The van der Waals surface area contributed by atoms with Crippen LogP contribution in [0.25, 0.3) is 0 Å². The molecule has 0 saturated carbocycles. The summed E-state index contributed by atoms with van der Waals surface area (Å²) < 4.78 is 16.1. The fourth-order valence-corrected chi connectivity index (χ4v) is 2.49. The van der Waals surface area contributed by atoms with Crippen LogP contribution in [0.3, 0.4) is 0 Å². The molecule has 0 bridgehead atoms. The smallest absolute Gasteiger partial charge is 0.138 e. The van der Waals surface area contributed by atoms with Crippen molar-refractivity contribution < 1.29 is 4.39 Å². The molecule has 1 N–H and O–H groups in total. The van der Waals surface area contributed by atoms with Crippen LogP contribution in [-0.4, -0.2) is 34.0 Å². The van der Waals surface area contributed by atoms with E-state index in [1.165, 1.54) is 6.33 Å². The summed E-state index contributed by atoms with van der Waals surface area (Å²) in [5, 5.41) is 7.45. The van der Waals surface area contributed by atoms with E-state index in [0.717, 1.165) is 38.3 Å². The molecule has 0 amide bonds. The Hall–Kier alpha value is -0.970. The molecule has 0 aliphatic carbocycles. The van der Waals surface area contributed by atoms with E-state index in [9.17, 15) is 4.39 Å². The largest absolute Gasteiger partial charge is 0.317 e. The van der Waals surface area contributed by atoms with Gasteiger partial charge in [-0.1, -0.05) is 13.8 Å². The monoisotopic (exact) mass is 254 g/mol. The molecule has 5 heteroatoms. The average molecular weight is 254 g/mol. The first-order chi connectivity index (χ1) is 8.66. The van der Waals surface area contributed by atoms with E-state index < -0.39 is 6.17 Å². The molecule has 1 atom stereocenters. The summed E-state index contributed by atoms with van der Waals surface area (Å²) in [4.78, 5) is 4.20. The van der Waals surface area contributed by atoms with Gasteiger partial charge in [0.1, 0.15) is 18.3 Å². The summed E-state index contributed by atoms with van der Waals surface area (Å²) in [5.41, 5.74) is 0. The predicted molar refractivity (Wildman–Crippen MR) is 69.1 cm³/mol. The molecule has 1 aliphatic rings. The van der Waals surface area contributed by atoms with E-state index in [-0.39, 0.29) is 5.92 Å². The zero-order chi connectivity index (χ0) is 13.0. The van der Waals surface area contributed by atoms with Gasteiger partial charge in [0.15, 0.2) is 0 Å². The van der Waals surface area contributed by atoms with Crippen LogP contribution in [0.15, 0.2) is 6.33 Å². The van der Waals surface area contributed by atoms with E-state index in [0.29, 0.717) is 12.3 Å². The van der Waals surface area contributed by atoms with Gasteiger partial charge in [-0.15, -0.1) is 0 Å². The van der Waals surface area contributed by atoms with E-state index >= 15 is 0 Å². The molecule has 18 heavy (non-hydrogen) atoms. The van der Waals surface area contributed by atoms with Gasteiger partial charge in [-0.2, -0.15) is 5.10 Å². The number of nitrogens with one attached hydrogen (secondary N) is 1. The van der Waals surface area contributed by atoms with E-state index in [2.05, 4.69) is 29.2 Å². The third-order valence-corrected chi connectivity index (χ3v) is 3.51. The molecule has 1 aromatic rings. The number of hydrogen-bond donors (Lipinski definition) is 1. The van der Waals surface area contributed by atoms with Crippen molar-refractivity contribution in [1.29, 1.82) is 0 Å². The van der Waals surface area contributed by atoms with Crippen molar-refractivity contribution in [3.05, 3.63) is 12.2 Å². The molecule has 1 saturated heterocycles. The number of rotatable bonds is 5. The van der Waals surface area contributed by atoms with Crippen molar-refractivity contribution in [2.45, 2.75) is 45.8 Å². The predicted octanol–water partition coefficient (Wildman–Crippen LogP) is 1.81. The van der Waals surface area contributed by atoms with Crippen molar-refractivity contribution in [3.63, 3.8) is 0 Å². The number of hydrogen-bond acceptors (Lipinski definition) is 3. The lowest BCUT2D eigenvalue weighted by molar-refractivity contribution is 0.182. The molecule has 2 heterocycles. The number of halogens is 1. The highest BCUT2D eigenvalue weighted by Gasteiger charge is 2.25. The molecule has 102 valence electrons. The molecule has 0 radical (unpaired) electrons. The third kappa shape index (κ3) is 3.51. The fraction of sp³-hybridized carbons (Fsp3) is 0.846. The molecule has 0 spiro atoms. The molecule has 1 aliphatic heterocycles. The van der Waals surface area contributed by atoms with E-state index in [1.807, 2.05) is 4.68 Å². The van der Waals surface area contributed by atoms with Crippen molar-refractivity contribution in [1.82, 2.24) is 20.1 Å². The number of aromatic nitrogens is 3. The molecule has 1 fully saturated rings.